The van der Waals surface area contributed by atoms with E-state index in [-0.39, 0.29) is 0 Å². The highest BCUT2D eigenvalue weighted by Gasteiger charge is 2.23. The van der Waals surface area contributed by atoms with Crippen LogP contribution in [0.1, 0.15) is 39.0 Å². The van der Waals surface area contributed by atoms with Crippen LogP contribution in [0.25, 0.3) is 0 Å². The molecule has 2 heteroatoms. The first-order chi connectivity index (χ1) is 6.84. The maximum atomic E-state index is 3.68. The molecule has 14 heavy (non-hydrogen) atoms. The SMILES string of the molecule is CC(CC1CC1)NCC1CCCNC1. The van der Waals surface area contributed by atoms with Gasteiger partial charge < -0.3 is 10.6 Å². The zero-order valence-corrected chi connectivity index (χ0v) is 9.39. The van der Waals surface area contributed by atoms with Crippen LogP contribution in [0.4, 0.5) is 0 Å². The molecule has 0 radical (unpaired) electrons. The molecule has 0 bridgehead atoms. The number of rotatable bonds is 5. The Hall–Kier alpha value is -0.0800. The monoisotopic (exact) mass is 196 g/mol. The fourth-order valence-electron chi connectivity index (χ4n) is 2.40. The molecule has 0 amide bonds. The number of hydrogen-bond donors (Lipinski definition) is 2. The van der Waals surface area contributed by atoms with Gasteiger partial charge in [-0.2, -0.15) is 0 Å². The van der Waals surface area contributed by atoms with Crippen molar-refractivity contribution in [3.63, 3.8) is 0 Å². The summed E-state index contributed by atoms with van der Waals surface area (Å²) >= 11 is 0. The van der Waals surface area contributed by atoms with Crippen LogP contribution < -0.4 is 10.6 Å². The molecular formula is C12H24N2. The Labute approximate surface area is 87.8 Å². The van der Waals surface area contributed by atoms with Crippen molar-refractivity contribution in [2.45, 2.75) is 45.1 Å². The molecular weight excluding hydrogens is 172 g/mol. The maximum Gasteiger partial charge on any atom is 0.00414 e. The highest BCUT2D eigenvalue weighted by molar-refractivity contribution is 4.79. The molecule has 2 atom stereocenters. The Morgan fingerprint density at radius 1 is 1.29 bits per heavy atom. The van der Waals surface area contributed by atoms with Gasteiger partial charge in [0, 0.05) is 6.04 Å². The lowest BCUT2D eigenvalue weighted by Gasteiger charge is -2.24. The lowest BCUT2D eigenvalue weighted by atomic mass is 9.99. The molecule has 1 heterocycles. The first kappa shape index (κ1) is 10.4. The van der Waals surface area contributed by atoms with Gasteiger partial charge in [-0.25, -0.2) is 0 Å². The summed E-state index contributed by atoms with van der Waals surface area (Å²) in [6.07, 6.45) is 7.15. The molecule has 0 aromatic carbocycles. The quantitative estimate of drug-likeness (QED) is 0.700. The summed E-state index contributed by atoms with van der Waals surface area (Å²) in [7, 11) is 0. The Bertz CT molecular complexity index is 160. The predicted octanol–water partition coefficient (Wildman–Crippen LogP) is 1.76. The molecule has 2 fully saturated rings. The largest absolute Gasteiger partial charge is 0.316 e. The van der Waals surface area contributed by atoms with E-state index in [9.17, 15) is 0 Å². The van der Waals surface area contributed by atoms with Gasteiger partial charge in [-0.05, 0) is 57.7 Å². The smallest absolute Gasteiger partial charge is 0.00414 e. The van der Waals surface area contributed by atoms with Crippen molar-refractivity contribution in [1.82, 2.24) is 10.6 Å². The van der Waals surface area contributed by atoms with E-state index >= 15 is 0 Å². The topological polar surface area (TPSA) is 24.1 Å². The Balaban J connectivity index is 1.55. The number of hydrogen-bond acceptors (Lipinski definition) is 2. The third-order valence-corrected chi connectivity index (χ3v) is 3.54. The first-order valence-electron chi connectivity index (χ1n) is 6.28. The number of nitrogens with one attached hydrogen (secondary N) is 2. The van der Waals surface area contributed by atoms with Gasteiger partial charge in [0.15, 0.2) is 0 Å². The second-order valence-corrected chi connectivity index (χ2v) is 5.20. The Kier molecular flexibility index (Phi) is 3.82. The van der Waals surface area contributed by atoms with Crippen molar-refractivity contribution >= 4 is 0 Å². The van der Waals surface area contributed by atoms with Gasteiger partial charge in [0.2, 0.25) is 0 Å². The van der Waals surface area contributed by atoms with E-state index in [2.05, 4.69) is 17.6 Å². The molecule has 1 saturated carbocycles. The van der Waals surface area contributed by atoms with Crippen LogP contribution in [0, 0.1) is 11.8 Å². The standard InChI is InChI=1S/C12H24N2/c1-10(7-11-4-5-11)14-9-12-3-2-6-13-8-12/h10-14H,2-9H2,1H3. The fourth-order valence-corrected chi connectivity index (χ4v) is 2.40. The molecule has 2 nitrogen and oxygen atoms in total. The van der Waals surface area contributed by atoms with Crippen molar-refractivity contribution in [1.29, 1.82) is 0 Å². The summed E-state index contributed by atoms with van der Waals surface area (Å²) in [5, 5.41) is 7.16. The molecule has 1 saturated heterocycles. The molecule has 1 aliphatic heterocycles. The second-order valence-electron chi connectivity index (χ2n) is 5.20. The average molecular weight is 196 g/mol. The van der Waals surface area contributed by atoms with Crippen molar-refractivity contribution in [3.05, 3.63) is 0 Å². The van der Waals surface area contributed by atoms with Gasteiger partial charge in [-0.15, -0.1) is 0 Å². The van der Waals surface area contributed by atoms with E-state index in [1.54, 1.807) is 0 Å². The molecule has 0 spiro atoms. The summed E-state index contributed by atoms with van der Waals surface area (Å²) in [6.45, 7) is 6.02. The van der Waals surface area contributed by atoms with Gasteiger partial charge in [0.05, 0.1) is 0 Å². The zero-order chi connectivity index (χ0) is 9.80. The highest BCUT2D eigenvalue weighted by Crippen LogP contribution is 2.33. The first-order valence-corrected chi connectivity index (χ1v) is 6.28. The van der Waals surface area contributed by atoms with E-state index < -0.39 is 0 Å². The number of piperidine rings is 1. The van der Waals surface area contributed by atoms with Gasteiger partial charge in [0.25, 0.3) is 0 Å². The molecule has 1 aliphatic carbocycles. The summed E-state index contributed by atoms with van der Waals surface area (Å²) < 4.78 is 0. The molecule has 0 aromatic heterocycles. The van der Waals surface area contributed by atoms with Crippen molar-refractivity contribution in [2.24, 2.45) is 11.8 Å². The van der Waals surface area contributed by atoms with E-state index in [0.717, 1.165) is 17.9 Å². The minimum absolute atomic E-state index is 0.740. The van der Waals surface area contributed by atoms with Crippen LogP contribution in [0.3, 0.4) is 0 Å². The molecule has 2 N–H and O–H groups in total. The molecule has 82 valence electrons. The van der Waals surface area contributed by atoms with Crippen LogP contribution in [0.15, 0.2) is 0 Å². The molecule has 0 aromatic rings. The maximum absolute atomic E-state index is 3.68. The fraction of sp³-hybridized carbons (Fsp3) is 1.00. The highest BCUT2D eigenvalue weighted by atomic mass is 14.9. The Morgan fingerprint density at radius 2 is 2.14 bits per heavy atom. The minimum atomic E-state index is 0.740. The minimum Gasteiger partial charge on any atom is -0.316 e. The van der Waals surface area contributed by atoms with Crippen molar-refractivity contribution in [3.8, 4) is 0 Å². The van der Waals surface area contributed by atoms with Crippen LogP contribution >= 0.6 is 0 Å². The predicted molar refractivity (Wildman–Crippen MR) is 60.4 cm³/mol. The van der Waals surface area contributed by atoms with Gasteiger partial charge in [0.1, 0.15) is 0 Å². The summed E-state index contributed by atoms with van der Waals surface area (Å²) in [6, 6.07) is 0.740. The van der Waals surface area contributed by atoms with Crippen LogP contribution in [0.5, 0.6) is 0 Å². The molecule has 2 unspecified atom stereocenters. The van der Waals surface area contributed by atoms with E-state index in [4.69, 9.17) is 0 Å². The zero-order valence-electron chi connectivity index (χ0n) is 9.39. The third kappa shape index (κ3) is 3.58. The van der Waals surface area contributed by atoms with E-state index in [1.807, 2.05) is 0 Å². The Morgan fingerprint density at radius 3 is 2.79 bits per heavy atom. The van der Waals surface area contributed by atoms with Gasteiger partial charge in [-0.3, -0.25) is 0 Å². The van der Waals surface area contributed by atoms with Gasteiger partial charge >= 0.3 is 0 Å². The molecule has 2 rings (SSSR count). The normalized spacial score (nSPS) is 30.2. The van der Waals surface area contributed by atoms with Gasteiger partial charge in [-0.1, -0.05) is 12.8 Å². The summed E-state index contributed by atoms with van der Waals surface area (Å²) in [5.74, 6) is 1.94. The van der Waals surface area contributed by atoms with Crippen LogP contribution in [0.2, 0.25) is 0 Å². The van der Waals surface area contributed by atoms with Crippen molar-refractivity contribution in [2.75, 3.05) is 19.6 Å². The summed E-state index contributed by atoms with van der Waals surface area (Å²) in [4.78, 5) is 0. The second kappa shape index (κ2) is 5.13. The summed E-state index contributed by atoms with van der Waals surface area (Å²) in [5.41, 5.74) is 0. The van der Waals surface area contributed by atoms with E-state index in [0.29, 0.717) is 0 Å². The van der Waals surface area contributed by atoms with Crippen LogP contribution in [-0.4, -0.2) is 25.7 Å². The van der Waals surface area contributed by atoms with Crippen molar-refractivity contribution < 1.29 is 0 Å². The lowest BCUT2D eigenvalue weighted by Crippen LogP contribution is -2.39. The molecule has 2 aliphatic rings. The lowest BCUT2D eigenvalue weighted by molar-refractivity contribution is 0.340. The van der Waals surface area contributed by atoms with E-state index in [1.165, 1.54) is 51.7 Å². The average Bonchev–Trinajstić information content (AvgIpc) is 3.00. The third-order valence-electron chi connectivity index (χ3n) is 3.54. The van der Waals surface area contributed by atoms with Crippen LogP contribution in [-0.2, 0) is 0 Å².